The molecule has 3 fully saturated rings. The van der Waals surface area contributed by atoms with Crippen molar-refractivity contribution in [2.45, 2.75) is 40.6 Å². The van der Waals surface area contributed by atoms with Crippen LogP contribution in [-0.4, -0.2) is 81.4 Å². The fourth-order valence-corrected chi connectivity index (χ4v) is 10.8. The van der Waals surface area contributed by atoms with Gasteiger partial charge in [0, 0.05) is 42.0 Å². The number of thioether (sulfide) groups is 1. The van der Waals surface area contributed by atoms with Gasteiger partial charge in [-0.2, -0.15) is 0 Å². The van der Waals surface area contributed by atoms with Crippen molar-refractivity contribution in [3.63, 3.8) is 0 Å². The molecule has 11 heteroatoms. The fraction of sp³-hybridized carbons (Fsp3) is 0.424. The number of aliphatic hydroxyl groups is 1. The standard InChI is InChI=1S/C33H37BrClN3O5S/c1-4-16-36(21-12-14-22(15-13-21)43-6-3)30(40)26-27-31(41)38(18-9-19-39)29(33(27)20-23(34)28(26)44-33)32(42)37(17-5-2)25-11-8-7-10-24(25)35/h4-5,7-8,10-15,23,26-29,39H,1-2,6,9,16-20H2,3H3/t23?,26-,27-,28-,29?,33?/m0/s1. The van der Waals surface area contributed by atoms with E-state index in [2.05, 4.69) is 29.1 Å². The molecule has 8 nitrogen and oxygen atoms in total. The van der Waals surface area contributed by atoms with E-state index in [1.807, 2.05) is 37.3 Å². The summed E-state index contributed by atoms with van der Waals surface area (Å²) in [6.07, 6.45) is 4.16. The Morgan fingerprint density at radius 1 is 1.14 bits per heavy atom. The topological polar surface area (TPSA) is 90.4 Å². The number of amides is 3. The number of carbonyl (C=O) groups is 3. The van der Waals surface area contributed by atoms with Gasteiger partial charge in [0.05, 0.1) is 33.9 Å². The van der Waals surface area contributed by atoms with Crippen LogP contribution < -0.4 is 14.5 Å². The second-order valence-electron chi connectivity index (χ2n) is 11.1. The lowest BCUT2D eigenvalue weighted by Gasteiger charge is -2.38. The number of rotatable bonds is 13. The largest absolute Gasteiger partial charge is 0.494 e. The Labute approximate surface area is 276 Å². The van der Waals surface area contributed by atoms with Gasteiger partial charge in [-0.3, -0.25) is 14.4 Å². The van der Waals surface area contributed by atoms with Crippen molar-refractivity contribution in [2.75, 3.05) is 42.6 Å². The van der Waals surface area contributed by atoms with Crippen LogP contribution in [0.15, 0.2) is 73.8 Å². The van der Waals surface area contributed by atoms with Crippen LogP contribution in [0.3, 0.4) is 0 Å². The van der Waals surface area contributed by atoms with Crippen molar-refractivity contribution in [1.82, 2.24) is 4.90 Å². The molecule has 0 radical (unpaired) electrons. The number of anilines is 2. The van der Waals surface area contributed by atoms with Crippen molar-refractivity contribution in [3.8, 4) is 5.75 Å². The first-order valence-electron chi connectivity index (χ1n) is 14.8. The molecule has 0 aliphatic carbocycles. The van der Waals surface area contributed by atoms with Crippen LogP contribution in [-0.2, 0) is 14.4 Å². The molecule has 3 saturated heterocycles. The van der Waals surface area contributed by atoms with Gasteiger partial charge in [-0.15, -0.1) is 24.9 Å². The highest BCUT2D eigenvalue weighted by Crippen LogP contribution is 2.68. The number of fused-ring (bicyclic) bond motifs is 1. The number of nitrogens with zero attached hydrogens (tertiary/aromatic N) is 3. The van der Waals surface area contributed by atoms with Gasteiger partial charge >= 0.3 is 0 Å². The van der Waals surface area contributed by atoms with Crippen LogP contribution in [0.2, 0.25) is 5.02 Å². The van der Waals surface area contributed by atoms with E-state index in [9.17, 15) is 19.5 Å². The molecule has 2 bridgehead atoms. The van der Waals surface area contributed by atoms with Gasteiger partial charge in [0.15, 0.2) is 0 Å². The van der Waals surface area contributed by atoms with E-state index in [0.29, 0.717) is 41.6 Å². The summed E-state index contributed by atoms with van der Waals surface area (Å²) < 4.78 is 4.74. The summed E-state index contributed by atoms with van der Waals surface area (Å²) in [4.78, 5) is 48.4. The Balaban J connectivity index is 1.56. The van der Waals surface area contributed by atoms with E-state index in [-0.39, 0.29) is 54.0 Å². The number of hydrogen-bond donors (Lipinski definition) is 1. The summed E-state index contributed by atoms with van der Waals surface area (Å²) in [5.74, 6) is -1.36. The van der Waals surface area contributed by atoms with Crippen molar-refractivity contribution >= 4 is 68.4 Å². The number of halogens is 2. The van der Waals surface area contributed by atoms with E-state index < -0.39 is 22.6 Å². The maximum Gasteiger partial charge on any atom is 0.251 e. The Morgan fingerprint density at radius 3 is 2.45 bits per heavy atom. The van der Waals surface area contributed by atoms with Gasteiger partial charge in [0.1, 0.15) is 11.8 Å². The van der Waals surface area contributed by atoms with Crippen LogP contribution in [0.5, 0.6) is 5.75 Å². The molecule has 2 aromatic carbocycles. The molecule has 5 rings (SSSR count). The van der Waals surface area contributed by atoms with Gasteiger partial charge in [-0.25, -0.2) is 0 Å². The molecule has 0 aromatic heterocycles. The number of benzene rings is 2. The lowest BCUT2D eigenvalue weighted by Crippen LogP contribution is -2.56. The molecule has 44 heavy (non-hydrogen) atoms. The molecule has 3 amide bonds. The molecule has 3 unspecified atom stereocenters. The number of para-hydroxylation sites is 1. The monoisotopic (exact) mass is 701 g/mol. The zero-order valence-corrected chi connectivity index (χ0v) is 27.8. The van der Waals surface area contributed by atoms with Crippen LogP contribution in [0.25, 0.3) is 0 Å². The quantitative estimate of drug-likeness (QED) is 0.225. The Bertz CT molecular complexity index is 1430. The fourth-order valence-electron chi connectivity index (χ4n) is 6.95. The SMILES string of the molecule is C=CCN(C(=O)[C@H]1[C@H]2C(=O)N(CCCO)C(C(=O)N(CC=C)c3ccccc3Cl)C23CC(Br)[C@@H]1S3)c1ccc(OCC)cc1. The van der Waals surface area contributed by atoms with Gasteiger partial charge in [-0.05, 0) is 56.2 Å². The lowest BCUT2D eigenvalue weighted by molar-refractivity contribution is -0.139. The molecule has 2 aromatic rings. The minimum absolute atomic E-state index is 0.0855. The highest BCUT2D eigenvalue weighted by Gasteiger charge is 2.76. The zero-order chi connectivity index (χ0) is 31.6. The van der Waals surface area contributed by atoms with Gasteiger partial charge in [0.25, 0.3) is 5.91 Å². The first kappa shape index (κ1) is 32.6. The average Bonchev–Trinajstić information content (AvgIpc) is 3.61. The Hall–Kier alpha value is -2.79. The summed E-state index contributed by atoms with van der Waals surface area (Å²) in [5.41, 5.74) is 1.21. The summed E-state index contributed by atoms with van der Waals surface area (Å²) in [6.45, 7) is 10.7. The van der Waals surface area contributed by atoms with E-state index in [0.717, 1.165) is 0 Å². The normalized spacial score (nSPS) is 26.8. The molecule has 3 heterocycles. The molecule has 1 N–H and O–H groups in total. The van der Waals surface area contributed by atoms with Crippen LogP contribution in [0, 0.1) is 11.8 Å². The maximum absolute atomic E-state index is 14.7. The second kappa shape index (κ2) is 13.7. The van der Waals surface area contributed by atoms with E-state index in [4.69, 9.17) is 16.3 Å². The van der Waals surface area contributed by atoms with Crippen molar-refractivity contribution in [2.24, 2.45) is 11.8 Å². The van der Waals surface area contributed by atoms with E-state index in [1.54, 1.807) is 56.8 Å². The molecular weight excluding hydrogens is 666 g/mol. The predicted octanol–water partition coefficient (Wildman–Crippen LogP) is 5.32. The zero-order valence-electron chi connectivity index (χ0n) is 24.6. The molecule has 6 atom stereocenters. The second-order valence-corrected chi connectivity index (χ2v) is 14.2. The Morgan fingerprint density at radius 2 is 1.82 bits per heavy atom. The first-order valence-corrected chi connectivity index (χ1v) is 17.0. The minimum atomic E-state index is -0.853. The molecule has 234 valence electrons. The lowest BCUT2D eigenvalue weighted by atomic mass is 9.70. The Kier molecular flexibility index (Phi) is 10.1. The average molecular weight is 703 g/mol. The van der Waals surface area contributed by atoms with Crippen molar-refractivity contribution in [3.05, 3.63) is 78.9 Å². The van der Waals surface area contributed by atoms with Crippen molar-refractivity contribution < 1.29 is 24.2 Å². The van der Waals surface area contributed by atoms with Gasteiger partial charge in [-0.1, -0.05) is 51.8 Å². The number of alkyl halides is 1. The third kappa shape index (κ3) is 5.59. The van der Waals surface area contributed by atoms with Crippen LogP contribution >= 0.6 is 39.3 Å². The molecule has 0 saturated carbocycles. The van der Waals surface area contributed by atoms with Crippen molar-refractivity contribution in [1.29, 1.82) is 0 Å². The molecule has 3 aliphatic heterocycles. The number of ether oxygens (including phenoxy) is 1. The predicted molar refractivity (Wildman–Crippen MR) is 180 cm³/mol. The minimum Gasteiger partial charge on any atom is -0.494 e. The van der Waals surface area contributed by atoms with Gasteiger partial charge < -0.3 is 24.5 Å². The summed E-state index contributed by atoms with van der Waals surface area (Å²) >= 11 is 12.0. The maximum atomic E-state index is 14.7. The summed E-state index contributed by atoms with van der Waals surface area (Å²) in [5, 5.41) is 9.91. The third-order valence-corrected chi connectivity index (χ3v) is 12.2. The number of carbonyl (C=O) groups excluding carboxylic acids is 3. The third-order valence-electron chi connectivity index (χ3n) is 8.62. The van der Waals surface area contributed by atoms with E-state index in [1.165, 1.54) is 0 Å². The number of likely N-dealkylation sites (tertiary alicyclic amines) is 1. The number of aliphatic hydroxyl groups excluding tert-OH is 1. The summed E-state index contributed by atoms with van der Waals surface area (Å²) in [7, 11) is 0. The molecule has 3 aliphatic rings. The van der Waals surface area contributed by atoms with E-state index >= 15 is 0 Å². The number of hydrogen-bond acceptors (Lipinski definition) is 6. The highest BCUT2D eigenvalue weighted by atomic mass is 79.9. The first-order chi connectivity index (χ1) is 21.2. The summed E-state index contributed by atoms with van der Waals surface area (Å²) in [6, 6.07) is 13.6. The van der Waals surface area contributed by atoms with Crippen LogP contribution in [0.1, 0.15) is 19.8 Å². The highest BCUT2D eigenvalue weighted by molar-refractivity contribution is 9.09. The molecule has 1 spiro atoms. The smallest absolute Gasteiger partial charge is 0.251 e. The van der Waals surface area contributed by atoms with Gasteiger partial charge in [0.2, 0.25) is 11.8 Å². The molecular formula is C33H37BrClN3O5S. The van der Waals surface area contributed by atoms with Crippen LogP contribution in [0.4, 0.5) is 11.4 Å².